The Hall–Kier alpha value is -2.43. The maximum atomic E-state index is 12.8. The molecule has 0 spiro atoms. The standard InChI is InChI=1S/C14H12FN3O2S/c15-12-7-8-14(17-10-12)18-21(19,20)13-6-2-1-4-11(13)5-3-9-16/h1-2,4,6-8,10H,9,16H2,(H,17,18). The summed E-state index contributed by atoms with van der Waals surface area (Å²) < 4.78 is 39.7. The predicted octanol–water partition coefficient (Wildman–Crippen LogP) is 1.33. The molecule has 0 saturated heterocycles. The van der Waals surface area contributed by atoms with Gasteiger partial charge in [0.05, 0.1) is 12.7 Å². The second-order valence-electron chi connectivity index (χ2n) is 3.97. The Bertz CT molecular complexity index is 793. The van der Waals surface area contributed by atoms with E-state index in [2.05, 4.69) is 21.5 Å². The Morgan fingerprint density at radius 2 is 2.00 bits per heavy atom. The van der Waals surface area contributed by atoms with Crippen LogP contribution in [0, 0.1) is 17.7 Å². The summed E-state index contributed by atoms with van der Waals surface area (Å²) in [5.74, 6) is 4.79. The molecule has 0 bridgehead atoms. The Morgan fingerprint density at radius 1 is 1.24 bits per heavy atom. The normalized spacial score (nSPS) is 10.6. The van der Waals surface area contributed by atoms with E-state index in [1.807, 2.05) is 0 Å². The summed E-state index contributed by atoms with van der Waals surface area (Å²) in [4.78, 5) is 3.67. The zero-order chi connectivity index (χ0) is 15.3. The molecule has 0 unspecified atom stereocenters. The summed E-state index contributed by atoms with van der Waals surface area (Å²) in [6.45, 7) is 0.126. The topological polar surface area (TPSA) is 85.1 Å². The maximum Gasteiger partial charge on any atom is 0.264 e. The Balaban J connectivity index is 2.38. The zero-order valence-electron chi connectivity index (χ0n) is 10.9. The molecule has 0 radical (unpaired) electrons. The molecule has 0 fully saturated rings. The number of nitrogens with zero attached hydrogens (tertiary/aromatic N) is 1. The fraction of sp³-hybridized carbons (Fsp3) is 0.0714. The van der Waals surface area contributed by atoms with Crippen LogP contribution in [0.15, 0.2) is 47.5 Å². The summed E-state index contributed by atoms with van der Waals surface area (Å²) in [5, 5.41) is 0. The summed E-state index contributed by atoms with van der Waals surface area (Å²) in [6, 6.07) is 8.61. The summed E-state index contributed by atoms with van der Waals surface area (Å²) in [6.07, 6.45) is 0.929. The molecule has 0 aliphatic heterocycles. The van der Waals surface area contributed by atoms with Crippen LogP contribution in [0.1, 0.15) is 5.56 Å². The number of nitrogens with two attached hydrogens (primary N) is 1. The number of aromatic nitrogens is 1. The molecule has 21 heavy (non-hydrogen) atoms. The molecule has 2 rings (SSSR count). The number of hydrogen-bond acceptors (Lipinski definition) is 4. The van der Waals surface area contributed by atoms with Crippen molar-refractivity contribution in [3.8, 4) is 11.8 Å². The van der Waals surface area contributed by atoms with Gasteiger partial charge in [0.15, 0.2) is 0 Å². The van der Waals surface area contributed by atoms with Gasteiger partial charge in [0, 0.05) is 5.56 Å². The highest BCUT2D eigenvalue weighted by atomic mass is 32.2. The van der Waals surface area contributed by atoms with Gasteiger partial charge in [-0.2, -0.15) is 0 Å². The van der Waals surface area contributed by atoms with Crippen LogP contribution < -0.4 is 10.5 Å². The molecule has 1 aromatic heterocycles. The van der Waals surface area contributed by atoms with E-state index in [1.165, 1.54) is 12.1 Å². The predicted molar refractivity (Wildman–Crippen MR) is 77.4 cm³/mol. The first-order chi connectivity index (χ1) is 10.0. The molecule has 5 nitrogen and oxygen atoms in total. The number of rotatable bonds is 3. The van der Waals surface area contributed by atoms with Crippen LogP contribution in [0.4, 0.5) is 10.2 Å². The van der Waals surface area contributed by atoms with Crippen LogP contribution in [-0.2, 0) is 10.0 Å². The lowest BCUT2D eigenvalue weighted by molar-refractivity contribution is 0.600. The van der Waals surface area contributed by atoms with Crippen LogP contribution in [0.5, 0.6) is 0 Å². The van der Waals surface area contributed by atoms with Crippen LogP contribution in [0.25, 0.3) is 0 Å². The number of benzene rings is 1. The van der Waals surface area contributed by atoms with Gasteiger partial charge in [0.1, 0.15) is 16.5 Å². The van der Waals surface area contributed by atoms with Gasteiger partial charge < -0.3 is 5.73 Å². The molecular formula is C14H12FN3O2S. The minimum Gasteiger partial charge on any atom is -0.320 e. The molecule has 0 amide bonds. The second kappa shape index (κ2) is 6.35. The van der Waals surface area contributed by atoms with Crippen LogP contribution >= 0.6 is 0 Å². The second-order valence-corrected chi connectivity index (χ2v) is 5.62. The number of halogens is 1. The van der Waals surface area contributed by atoms with Crippen molar-refractivity contribution in [1.82, 2.24) is 4.98 Å². The number of hydrogen-bond donors (Lipinski definition) is 2. The number of pyridine rings is 1. The molecule has 3 N–H and O–H groups in total. The average Bonchev–Trinajstić information content (AvgIpc) is 2.47. The van der Waals surface area contributed by atoms with Gasteiger partial charge >= 0.3 is 0 Å². The Labute approximate surface area is 122 Å². The third-order valence-electron chi connectivity index (χ3n) is 2.47. The lowest BCUT2D eigenvalue weighted by atomic mass is 10.2. The smallest absolute Gasteiger partial charge is 0.264 e. The van der Waals surface area contributed by atoms with Crippen LogP contribution in [-0.4, -0.2) is 19.9 Å². The molecule has 108 valence electrons. The molecule has 0 atom stereocenters. The SMILES string of the molecule is NCC#Cc1ccccc1S(=O)(=O)Nc1ccc(F)cn1. The van der Waals surface area contributed by atoms with Gasteiger partial charge in [-0.25, -0.2) is 17.8 Å². The average molecular weight is 305 g/mol. The summed E-state index contributed by atoms with van der Waals surface area (Å²) in [7, 11) is -3.87. The quantitative estimate of drug-likeness (QED) is 0.838. The first-order valence-corrected chi connectivity index (χ1v) is 7.43. The Kier molecular flexibility index (Phi) is 4.52. The molecule has 0 aliphatic carbocycles. The van der Waals surface area contributed by atoms with Crippen molar-refractivity contribution >= 4 is 15.8 Å². The molecule has 0 aliphatic rings. The van der Waals surface area contributed by atoms with Gasteiger partial charge in [-0.15, -0.1) is 0 Å². The van der Waals surface area contributed by atoms with Crippen molar-refractivity contribution in [3.63, 3.8) is 0 Å². The lowest BCUT2D eigenvalue weighted by Gasteiger charge is -2.08. The van der Waals surface area contributed by atoms with Crippen LogP contribution in [0.2, 0.25) is 0 Å². The van der Waals surface area contributed by atoms with E-state index in [4.69, 9.17) is 5.73 Å². The van der Waals surface area contributed by atoms with Gasteiger partial charge in [0.25, 0.3) is 10.0 Å². The highest BCUT2D eigenvalue weighted by Crippen LogP contribution is 2.18. The van der Waals surface area contributed by atoms with Crippen molar-refractivity contribution in [3.05, 3.63) is 54.0 Å². The van der Waals surface area contributed by atoms with E-state index in [1.54, 1.807) is 18.2 Å². The van der Waals surface area contributed by atoms with Gasteiger partial charge in [-0.1, -0.05) is 24.0 Å². The van der Waals surface area contributed by atoms with Crippen molar-refractivity contribution in [2.75, 3.05) is 11.3 Å². The highest BCUT2D eigenvalue weighted by molar-refractivity contribution is 7.92. The van der Waals surface area contributed by atoms with E-state index < -0.39 is 15.8 Å². The molecule has 1 heterocycles. The summed E-state index contributed by atoms with van der Waals surface area (Å²) >= 11 is 0. The third kappa shape index (κ3) is 3.78. The van der Waals surface area contributed by atoms with Gasteiger partial charge in [0.2, 0.25) is 0 Å². The monoisotopic (exact) mass is 305 g/mol. The summed E-state index contributed by atoms with van der Waals surface area (Å²) in [5.41, 5.74) is 5.62. The minimum absolute atomic E-state index is 0.0112. The van der Waals surface area contributed by atoms with Crippen molar-refractivity contribution in [2.24, 2.45) is 5.73 Å². The fourth-order valence-electron chi connectivity index (χ4n) is 1.58. The van der Waals surface area contributed by atoms with Gasteiger partial charge in [-0.05, 0) is 24.3 Å². The molecular weight excluding hydrogens is 293 g/mol. The Morgan fingerprint density at radius 3 is 2.67 bits per heavy atom. The molecule has 1 aromatic carbocycles. The molecule has 7 heteroatoms. The lowest BCUT2D eigenvalue weighted by Crippen LogP contribution is -2.15. The maximum absolute atomic E-state index is 12.8. The van der Waals surface area contributed by atoms with Gasteiger partial charge in [-0.3, -0.25) is 4.72 Å². The minimum atomic E-state index is -3.87. The van der Waals surface area contributed by atoms with E-state index in [0.29, 0.717) is 5.56 Å². The number of anilines is 1. The highest BCUT2D eigenvalue weighted by Gasteiger charge is 2.18. The van der Waals surface area contributed by atoms with E-state index in [0.717, 1.165) is 12.3 Å². The molecule has 2 aromatic rings. The largest absolute Gasteiger partial charge is 0.320 e. The van der Waals surface area contributed by atoms with Crippen LogP contribution in [0.3, 0.4) is 0 Å². The van der Waals surface area contributed by atoms with E-state index in [-0.39, 0.29) is 17.3 Å². The number of sulfonamides is 1. The van der Waals surface area contributed by atoms with Crippen molar-refractivity contribution in [2.45, 2.75) is 4.90 Å². The van der Waals surface area contributed by atoms with Crippen molar-refractivity contribution < 1.29 is 12.8 Å². The third-order valence-corrected chi connectivity index (χ3v) is 3.88. The molecule has 0 saturated carbocycles. The first kappa shape index (κ1) is 15.0. The van der Waals surface area contributed by atoms with Crippen molar-refractivity contribution in [1.29, 1.82) is 0 Å². The fourth-order valence-corrected chi connectivity index (χ4v) is 2.75. The zero-order valence-corrected chi connectivity index (χ0v) is 11.7. The van der Waals surface area contributed by atoms with E-state index >= 15 is 0 Å². The van der Waals surface area contributed by atoms with E-state index in [9.17, 15) is 12.8 Å². The first-order valence-electron chi connectivity index (χ1n) is 5.95. The number of nitrogens with one attached hydrogen (secondary N) is 1.